The van der Waals surface area contributed by atoms with Gasteiger partial charge in [0.2, 0.25) is 0 Å². The summed E-state index contributed by atoms with van der Waals surface area (Å²) in [4.78, 5) is 16.6. The predicted octanol–water partition coefficient (Wildman–Crippen LogP) is 5.58. The van der Waals surface area contributed by atoms with Gasteiger partial charge in [-0.25, -0.2) is 4.79 Å². The van der Waals surface area contributed by atoms with E-state index in [4.69, 9.17) is 10.2 Å². The van der Waals surface area contributed by atoms with E-state index in [1.165, 1.54) is 0 Å². The van der Waals surface area contributed by atoms with Crippen LogP contribution in [0.1, 0.15) is 11.3 Å². The van der Waals surface area contributed by atoms with E-state index in [1.807, 2.05) is 98.0 Å². The summed E-state index contributed by atoms with van der Waals surface area (Å²) in [5.41, 5.74) is 10.5. The fourth-order valence-corrected chi connectivity index (χ4v) is 3.46. The third-order valence-corrected chi connectivity index (χ3v) is 5.22. The molecule has 0 bridgehead atoms. The maximum atomic E-state index is 12.1. The number of carbonyl (C=O) groups is 1. The SMILES string of the molecule is CNc1cc(-c2ccccc2)oc1C(N)=NCCc1ccc(NC(=O)Nc2ccccc2)cc1. The minimum Gasteiger partial charge on any atom is -0.451 e. The number of furan rings is 1. The van der Waals surface area contributed by atoms with Crippen LogP contribution in [0.15, 0.2) is 100 Å². The zero-order chi connectivity index (χ0) is 23.8. The number of para-hydroxylation sites is 1. The number of rotatable bonds is 8. The Morgan fingerprint density at radius 1 is 0.882 bits per heavy atom. The average Bonchev–Trinajstić information content (AvgIpc) is 3.31. The highest BCUT2D eigenvalue weighted by molar-refractivity contribution is 6.01. The van der Waals surface area contributed by atoms with Crippen LogP contribution < -0.4 is 21.7 Å². The molecule has 1 heterocycles. The average molecular weight is 454 g/mol. The van der Waals surface area contributed by atoms with E-state index in [9.17, 15) is 4.79 Å². The smallest absolute Gasteiger partial charge is 0.323 e. The summed E-state index contributed by atoms with van der Waals surface area (Å²) in [6.07, 6.45) is 0.707. The number of anilines is 3. The van der Waals surface area contributed by atoms with Gasteiger partial charge in [0, 0.05) is 36.6 Å². The predicted molar refractivity (Wildman–Crippen MR) is 139 cm³/mol. The molecule has 4 aromatic rings. The summed E-state index contributed by atoms with van der Waals surface area (Å²) in [6, 6.07) is 28.5. The molecule has 0 radical (unpaired) electrons. The van der Waals surface area contributed by atoms with Crippen molar-refractivity contribution in [1.82, 2.24) is 0 Å². The molecule has 7 heteroatoms. The Bertz CT molecular complexity index is 1250. The number of aliphatic imine (C=N–C) groups is 1. The maximum absolute atomic E-state index is 12.1. The second kappa shape index (κ2) is 10.9. The first-order chi connectivity index (χ1) is 16.6. The lowest BCUT2D eigenvalue weighted by Gasteiger charge is -2.08. The summed E-state index contributed by atoms with van der Waals surface area (Å²) in [7, 11) is 1.83. The minimum atomic E-state index is -0.287. The molecule has 7 nitrogen and oxygen atoms in total. The molecule has 0 fully saturated rings. The number of amidine groups is 1. The highest BCUT2D eigenvalue weighted by atomic mass is 16.3. The van der Waals surface area contributed by atoms with Crippen LogP contribution in [0.3, 0.4) is 0 Å². The lowest BCUT2D eigenvalue weighted by molar-refractivity contribution is 0.262. The number of hydrogen-bond acceptors (Lipinski definition) is 4. The van der Waals surface area contributed by atoms with Crippen molar-refractivity contribution in [3.05, 3.63) is 102 Å². The molecule has 4 rings (SSSR count). The summed E-state index contributed by atoms with van der Waals surface area (Å²) in [5, 5.41) is 8.74. The molecule has 1 aromatic heterocycles. The van der Waals surface area contributed by atoms with E-state index >= 15 is 0 Å². The van der Waals surface area contributed by atoms with Crippen molar-refractivity contribution >= 4 is 28.9 Å². The number of nitrogens with two attached hydrogens (primary N) is 1. The van der Waals surface area contributed by atoms with Gasteiger partial charge in [0.1, 0.15) is 5.76 Å². The Hall–Kier alpha value is -4.52. The molecule has 0 aliphatic rings. The van der Waals surface area contributed by atoms with E-state index < -0.39 is 0 Å². The van der Waals surface area contributed by atoms with Gasteiger partial charge in [-0.2, -0.15) is 0 Å². The first-order valence-corrected chi connectivity index (χ1v) is 11.0. The zero-order valence-corrected chi connectivity index (χ0v) is 18.9. The van der Waals surface area contributed by atoms with E-state index in [2.05, 4.69) is 20.9 Å². The molecule has 0 saturated heterocycles. The quantitative estimate of drug-likeness (QED) is 0.206. The normalized spacial score (nSPS) is 11.1. The molecule has 0 aliphatic carbocycles. The number of urea groups is 1. The van der Waals surface area contributed by atoms with Gasteiger partial charge >= 0.3 is 6.03 Å². The molecule has 0 saturated carbocycles. The number of benzene rings is 3. The molecular weight excluding hydrogens is 426 g/mol. The van der Waals surface area contributed by atoms with Crippen molar-refractivity contribution in [2.45, 2.75) is 6.42 Å². The van der Waals surface area contributed by atoms with Crippen LogP contribution in [0.2, 0.25) is 0 Å². The number of carbonyl (C=O) groups excluding carboxylic acids is 1. The Morgan fingerprint density at radius 3 is 2.15 bits per heavy atom. The molecule has 3 aromatic carbocycles. The third kappa shape index (κ3) is 5.83. The first kappa shape index (κ1) is 22.7. The fraction of sp³-hybridized carbons (Fsp3) is 0.111. The molecule has 2 amide bonds. The van der Waals surface area contributed by atoms with Crippen molar-refractivity contribution < 1.29 is 9.21 Å². The first-order valence-electron chi connectivity index (χ1n) is 11.0. The largest absolute Gasteiger partial charge is 0.451 e. The summed E-state index contributed by atoms with van der Waals surface area (Å²) in [5.74, 6) is 1.62. The van der Waals surface area contributed by atoms with Gasteiger partial charge < -0.3 is 26.1 Å². The Balaban J connectivity index is 1.33. The van der Waals surface area contributed by atoms with Gasteiger partial charge in [0.05, 0.1) is 5.69 Å². The van der Waals surface area contributed by atoms with Crippen LogP contribution >= 0.6 is 0 Å². The monoisotopic (exact) mass is 453 g/mol. The van der Waals surface area contributed by atoms with Crippen molar-refractivity contribution in [1.29, 1.82) is 0 Å². The van der Waals surface area contributed by atoms with Crippen molar-refractivity contribution in [2.75, 3.05) is 29.5 Å². The number of hydrogen-bond donors (Lipinski definition) is 4. The van der Waals surface area contributed by atoms with Crippen molar-refractivity contribution in [3.63, 3.8) is 0 Å². The van der Waals surface area contributed by atoms with Crippen LogP contribution in [-0.4, -0.2) is 25.5 Å². The van der Waals surface area contributed by atoms with E-state index in [0.29, 0.717) is 30.2 Å². The van der Waals surface area contributed by atoms with Gasteiger partial charge in [0.15, 0.2) is 11.6 Å². The summed E-state index contributed by atoms with van der Waals surface area (Å²) in [6.45, 7) is 0.512. The van der Waals surface area contributed by atoms with Crippen LogP contribution in [0.4, 0.5) is 21.9 Å². The second-order valence-corrected chi connectivity index (χ2v) is 7.63. The molecular formula is C27H27N5O2. The maximum Gasteiger partial charge on any atom is 0.323 e. The van der Waals surface area contributed by atoms with Crippen LogP contribution in [0, 0.1) is 0 Å². The van der Waals surface area contributed by atoms with Gasteiger partial charge in [0.25, 0.3) is 0 Å². The van der Waals surface area contributed by atoms with Crippen LogP contribution in [0.5, 0.6) is 0 Å². The molecule has 0 spiro atoms. The number of nitrogens with zero attached hydrogens (tertiary/aromatic N) is 1. The zero-order valence-electron chi connectivity index (χ0n) is 18.9. The van der Waals surface area contributed by atoms with Crippen LogP contribution in [-0.2, 0) is 6.42 Å². The topological polar surface area (TPSA) is 105 Å². The molecule has 0 aliphatic heterocycles. The standard InChI is InChI=1S/C27H27N5O2/c1-29-23-18-24(20-8-4-2-5-9-20)34-25(23)26(28)30-17-16-19-12-14-22(15-13-19)32-27(33)31-21-10-6-3-7-11-21/h2-15,18,29H,16-17H2,1H3,(H2,28,30)(H2,31,32,33). The Kier molecular flexibility index (Phi) is 7.25. The van der Waals surface area contributed by atoms with Crippen molar-refractivity contribution in [3.8, 4) is 11.3 Å². The highest BCUT2D eigenvalue weighted by Gasteiger charge is 2.14. The minimum absolute atomic E-state index is 0.287. The summed E-state index contributed by atoms with van der Waals surface area (Å²) < 4.78 is 5.99. The fourth-order valence-electron chi connectivity index (χ4n) is 3.46. The molecule has 0 atom stereocenters. The second-order valence-electron chi connectivity index (χ2n) is 7.63. The van der Waals surface area contributed by atoms with E-state index in [-0.39, 0.29) is 6.03 Å². The lowest BCUT2D eigenvalue weighted by Crippen LogP contribution is -2.19. The van der Waals surface area contributed by atoms with Gasteiger partial charge in [-0.15, -0.1) is 0 Å². The molecule has 34 heavy (non-hydrogen) atoms. The number of amides is 2. The molecule has 0 unspecified atom stereocenters. The van der Waals surface area contributed by atoms with Gasteiger partial charge in [-0.05, 0) is 36.2 Å². The lowest BCUT2D eigenvalue weighted by atomic mass is 10.1. The number of nitrogens with one attached hydrogen (secondary N) is 3. The van der Waals surface area contributed by atoms with Crippen LogP contribution in [0.25, 0.3) is 11.3 Å². The van der Waals surface area contributed by atoms with Crippen molar-refractivity contribution in [2.24, 2.45) is 10.7 Å². The van der Waals surface area contributed by atoms with E-state index in [0.717, 1.165) is 28.3 Å². The van der Waals surface area contributed by atoms with Gasteiger partial charge in [-0.1, -0.05) is 60.7 Å². The molecule has 5 N–H and O–H groups in total. The highest BCUT2D eigenvalue weighted by Crippen LogP contribution is 2.28. The Morgan fingerprint density at radius 2 is 1.50 bits per heavy atom. The summed E-state index contributed by atoms with van der Waals surface area (Å²) >= 11 is 0. The Labute approximate surface area is 198 Å². The van der Waals surface area contributed by atoms with E-state index in [1.54, 1.807) is 0 Å². The van der Waals surface area contributed by atoms with Gasteiger partial charge in [-0.3, -0.25) is 4.99 Å². The third-order valence-electron chi connectivity index (χ3n) is 5.22. The molecule has 172 valence electrons.